The van der Waals surface area contributed by atoms with Crippen LogP contribution >= 0.6 is 11.3 Å². The van der Waals surface area contributed by atoms with E-state index in [0.717, 1.165) is 0 Å². The van der Waals surface area contributed by atoms with Gasteiger partial charge < -0.3 is 10.0 Å². The first kappa shape index (κ1) is 12.7. The van der Waals surface area contributed by atoms with Crippen molar-refractivity contribution in [2.75, 3.05) is 6.54 Å². The molecule has 1 amide bonds. The largest absolute Gasteiger partial charge is 0.480 e. The summed E-state index contributed by atoms with van der Waals surface area (Å²) in [7, 11) is 0. The summed E-state index contributed by atoms with van der Waals surface area (Å²) < 4.78 is 1.40. The van der Waals surface area contributed by atoms with Crippen molar-refractivity contribution in [2.45, 2.75) is 18.9 Å². The first-order chi connectivity index (χ1) is 9.68. The van der Waals surface area contributed by atoms with Crippen LogP contribution in [0.4, 0.5) is 0 Å². The Bertz CT molecular complexity index is 638. The molecule has 0 aromatic carbocycles. The molecule has 1 N–H and O–H groups in total. The van der Waals surface area contributed by atoms with E-state index < -0.39 is 12.0 Å². The molecular formula is C11H11N5O3S. The van der Waals surface area contributed by atoms with Crippen LogP contribution in [0.3, 0.4) is 0 Å². The fourth-order valence-electron chi connectivity index (χ4n) is 2.31. The molecule has 9 heteroatoms. The second-order valence-electron chi connectivity index (χ2n) is 4.38. The molecule has 1 atom stereocenters. The first-order valence-electron chi connectivity index (χ1n) is 6.03. The number of amides is 1. The predicted octanol–water partition coefficient (Wildman–Crippen LogP) is 0.413. The summed E-state index contributed by atoms with van der Waals surface area (Å²) in [5, 5.41) is 21.7. The summed E-state index contributed by atoms with van der Waals surface area (Å²) in [6, 6.07) is 0.992. The zero-order chi connectivity index (χ0) is 14.1. The maximum absolute atomic E-state index is 12.5. The molecule has 1 aliphatic heterocycles. The number of carbonyl (C=O) groups excluding carboxylic acids is 1. The van der Waals surface area contributed by atoms with Gasteiger partial charge in [0.05, 0.1) is 5.69 Å². The van der Waals surface area contributed by atoms with Gasteiger partial charge in [-0.1, -0.05) is 0 Å². The fourth-order valence-corrected chi connectivity index (χ4v) is 3.14. The number of hydrogen-bond donors (Lipinski definition) is 1. The maximum atomic E-state index is 12.5. The minimum absolute atomic E-state index is 0.282. The van der Waals surface area contributed by atoms with E-state index in [1.54, 1.807) is 11.4 Å². The average molecular weight is 293 g/mol. The maximum Gasteiger partial charge on any atom is 0.326 e. The number of carboxylic acids is 1. The molecule has 2 aromatic heterocycles. The first-order valence-corrected chi connectivity index (χ1v) is 6.91. The van der Waals surface area contributed by atoms with Crippen LogP contribution < -0.4 is 0 Å². The standard InChI is InChI=1S/C11H11N5O3S/c17-10(15-4-1-2-8(15)11(18)19)9-7(3-5-20-9)16-6-12-13-14-16/h3,5-6,8H,1-2,4H2,(H,18,19)/t8-/m1/s1. The molecule has 1 aliphatic rings. The van der Waals surface area contributed by atoms with Crippen LogP contribution in [0.5, 0.6) is 0 Å². The lowest BCUT2D eigenvalue weighted by molar-refractivity contribution is -0.141. The molecule has 2 aromatic rings. The van der Waals surface area contributed by atoms with Crippen molar-refractivity contribution in [1.82, 2.24) is 25.1 Å². The molecule has 1 fully saturated rings. The number of carbonyl (C=O) groups is 2. The van der Waals surface area contributed by atoms with E-state index in [-0.39, 0.29) is 5.91 Å². The summed E-state index contributed by atoms with van der Waals surface area (Å²) in [5.74, 6) is -1.24. The van der Waals surface area contributed by atoms with E-state index in [0.29, 0.717) is 30.0 Å². The highest BCUT2D eigenvalue weighted by atomic mass is 32.1. The second-order valence-corrected chi connectivity index (χ2v) is 5.30. The van der Waals surface area contributed by atoms with Gasteiger partial charge in [-0.15, -0.1) is 16.4 Å². The minimum atomic E-state index is -0.962. The molecule has 0 unspecified atom stereocenters. The highest BCUT2D eigenvalue weighted by Gasteiger charge is 2.35. The summed E-state index contributed by atoms with van der Waals surface area (Å²) in [6.45, 7) is 0.461. The lowest BCUT2D eigenvalue weighted by atomic mass is 10.2. The molecule has 3 heterocycles. The Morgan fingerprint density at radius 1 is 1.45 bits per heavy atom. The number of tetrazole rings is 1. The normalized spacial score (nSPS) is 18.4. The number of nitrogens with zero attached hydrogens (tertiary/aromatic N) is 5. The summed E-state index contributed by atoms with van der Waals surface area (Å²) in [6.07, 6.45) is 2.60. The highest BCUT2D eigenvalue weighted by molar-refractivity contribution is 7.12. The van der Waals surface area contributed by atoms with Gasteiger partial charge in [-0.3, -0.25) is 4.79 Å². The number of likely N-dealkylation sites (tertiary alicyclic amines) is 1. The molecule has 0 spiro atoms. The number of carboxylic acid groups (broad SMARTS) is 1. The van der Waals surface area contributed by atoms with E-state index in [9.17, 15) is 9.59 Å². The Balaban J connectivity index is 1.92. The van der Waals surface area contributed by atoms with E-state index in [1.807, 2.05) is 0 Å². The van der Waals surface area contributed by atoms with E-state index in [4.69, 9.17) is 5.11 Å². The van der Waals surface area contributed by atoms with E-state index in [2.05, 4.69) is 15.5 Å². The molecule has 104 valence electrons. The smallest absolute Gasteiger partial charge is 0.326 e. The van der Waals surface area contributed by atoms with Gasteiger partial charge in [-0.25, -0.2) is 4.79 Å². The summed E-state index contributed by atoms with van der Waals surface area (Å²) in [4.78, 5) is 25.6. The minimum Gasteiger partial charge on any atom is -0.480 e. The van der Waals surface area contributed by atoms with Crippen molar-refractivity contribution < 1.29 is 14.7 Å². The van der Waals surface area contributed by atoms with Crippen LogP contribution in [0.15, 0.2) is 17.8 Å². The summed E-state index contributed by atoms with van der Waals surface area (Å²) in [5.41, 5.74) is 0.570. The van der Waals surface area contributed by atoms with E-state index >= 15 is 0 Å². The monoisotopic (exact) mass is 293 g/mol. The molecule has 20 heavy (non-hydrogen) atoms. The Morgan fingerprint density at radius 3 is 3.00 bits per heavy atom. The van der Waals surface area contributed by atoms with E-state index in [1.165, 1.54) is 27.2 Å². The lowest BCUT2D eigenvalue weighted by Gasteiger charge is -2.21. The number of aromatic nitrogens is 4. The third-order valence-corrected chi connectivity index (χ3v) is 4.12. The molecule has 0 radical (unpaired) electrons. The average Bonchev–Trinajstić information content (AvgIpc) is 3.17. The van der Waals surface area contributed by atoms with Gasteiger partial charge in [0.25, 0.3) is 5.91 Å². The van der Waals surface area contributed by atoms with Gasteiger partial charge in [-0.05, 0) is 34.7 Å². The van der Waals surface area contributed by atoms with Gasteiger partial charge in [0.15, 0.2) is 0 Å². The van der Waals surface area contributed by atoms with Gasteiger partial charge in [0.2, 0.25) is 0 Å². The summed E-state index contributed by atoms with van der Waals surface area (Å²) >= 11 is 1.26. The van der Waals surface area contributed by atoms with Gasteiger partial charge in [0.1, 0.15) is 17.2 Å². The quantitative estimate of drug-likeness (QED) is 0.879. The molecule has 1 saturated heterocycles. The zero-order valence-electron chi connectivity index (χ0n) is 10.3. The molecule has 8 nitrogen and oxygen atoms in total. The van der Waals surface area contributed by atoms with Crippen LogP contribution in [0.1, 0.15) is 22.5 Å². The SMILES string of the molecule is O=C(O)[C@H]1CCCN1C(=O)c1sccc1-n1cnnn1. The third kappa shape index (κ3) is 2.05. The Morgan fingerprint density at radius 2 is 2.30 bits per heavy atom. The van der Waals surface area contributed by atoms with Crippen LogP contribution in [0.2, 0.25) is 0 Å². The lowest BCUT2D eigenvalue weighted by Crippen LogP contribution is -2.40. The number of thiophene rings is 1. The van der Waals surface area contributed by atoms with Gasteiger partial charge in [0, 0.05) is 6.54 Å². The fraction of sp³-hybridized carbons (Fsp3) is 0.364. The highest BCUT2D eigenvalue weighted by Crippen LogP contribution is 2.26. The molecule has 3 rings (SSSR count). The van der Waals surface area contributed by atoms with Crippen molar-refractivity contribution in [3.8, 4) is 5.69 Å². The van der Waals surface area contributed by atoms with Crippen LogP contribution in [0.25, 0.3) is 5.69 Å². The molecule has 0 aliphatic carbocycles. The Hall–Kier alpha value is -2.29. The molecular weight excluding hydrogens is 282 g/mol. The molecule has 0 bridgehead atoms. The number of rotatable bonds is 3. The Labute approximate surface area is 117 Å². The predicted molar refractivity (Wildman–Crippen MR) is 68.7 cm³/mol. The number of hydrogen-bond acceptors (Lipinski definition) is 6. The Kier molecular flexibility index (Phi) is 3.18. The van der Waals surface area contributed by atoms with Crippen LogP contribution in [-0.4, -0.2) is 54.7 Å². The van der Waals surface area contributed by atoms with Crippen molar-refractivity contribution in [3.63, 3.8) is 0 Å². The number of aliphatic carboxylic acids is 1. The van der Waals surface area contributed by atoms with Crippen molar-refractivity contribution in [2.24, 2.45) is 0 Å². The topological polar surface area (TPSA) is 101 Å². The zero-order valence-corrected chi connectivity index (χ0v) is 11.2. The van der Waals surface area contributed by atoms with Gasteiger partial charge in [-0.2, -0.15) is 4.68 Å². The van der Waals surface area contributed by atoms with Crippen molar-refractivity contribution >= 4 is 23.2 Å². The van der Waals surface area contributed by atoms with Gasteiger partial charge >= 0.3 is 5.97 Å². The second kappa shape index (κ2) is 5.00. The molecule has 0 saturated carbocycles. The van der Waals surface area contributed by atoms with Crippen molar-refractivity contribution in [1.29, 1.82) is 0 Å². The van der Waals surface area contributed by atoms with Crippen molar-refractivity contribution in [3.05, 3.63) is 22.7 Å². The van der Waals surface area contributed by atoms with Crippen LogP contribution in [-0.2, 0) is 4.79 Å². The third-order valence-electron chi connectivity index (χ3n) is 3.23. The van der Waals surface area contributed by atoms with Crippen LogP contribution in [0, 0.1) is 0 Å².